The van der Waals surface area contributed by atoms with Crippen molar-refractivity contribution < 1.29 is 9.15 Å². The molecule has 1 atom stereocenters. The van der Waals surface area contributed by atoms with Crippen LogP contribution in [-0.4, -0.2) is 37.7 Å². The number of nitrogens with zero attached hydrogens (tertiary/aromatic N) is 1. The van der Waals surface area contributed by atoms with Crippen LogP contribution in [-0.2, 0) is 17.8 Å². The lowest BCUT2D eigenvalue weighted by Gasteiger charge is -2.32. The van der Waals surface area contributed by atoms with Crippen LogP contribution in [0.4, 0.5) is 0 Å². The highest BCUT2D eigenvalue weighted by Gasteiger charge is 2.23. The van der Waals surface area contributed by atoms with Gasteiger partial charge in [-0.15, -0.1) is 0 Å². The molecule has 1 aliphatic carbocycles. The van der Waals surface area contributed by atoms with Gasteiger partial charge in [-0.3, -0.25) is 4.90 Å². The summed E-state index contributed by atoms with van der Waals surface area (Å²) in [5, 5.41) is 3.52. The molecular weight excluding hydrogens is 264 g/mol. The van der Waals surface area contributed by atoms with Crippen molar-refractivity contribution in [1.82, 2.24) is 10.2 Å². The number of rotatable bonds is 7. The van der Waals surface area contributed by atoms with Gasteiger partial charge < -0.3 is 14.5 Å². The maximum absolute atomic E-state index is 5.89. The highest BCUT2D eigenvalue weighted by atomic mass is 16.5. The van der Waals surface area contributed by atoms with Crippen LogP contribution in [0.1, 0.15) is 42.8 Å². The van der Waals surface area contributed by atoms with E-state index in [1.165, 1.54) is 37.8 Å². The van der Waals surface area contributed by atoms with Crippen LogP contribution in [0.25, 0.3) is 0 Å². The van der Waals surface area contributed by atoms with Crippen molar-refractivity contribution in [2.75, 3.05) is 26.8 Å². The molecule has 0 aromatic carbocycles. The number of nitrogens with one attached hydrogen (secondary N) is 1. The zero-order valence-electron chi connectivity index (χ0n) is 13.4. The Bertz CT molecular complexity index is 452. The lowest BCUT2D eigenvalue weighted by atomic mass is 9.98. The molecule has 2 heterocycles. The molecule has 21 heavy (non-hydrogen) atoms. The molecule has 2 aliphatic rings. The summed E-state index contributed by atoms with van der Waals surface area (Å²) in [5.74, 6) is 2.85. The van der Waals surface area contributed by atoms with Gasteiger partial charge in [0.2, 0.25) is 0 Å². The van der Waals surface area contributed by atoms with Crippen LogP contribution in [0.3, 0.4) is 0 Å². The molecule has 1 N–H and O–H groups in total. The number of hydrogen-bond acceptors (Lipinski definition) is 4. The quantitative estimate of drug-likeness (QED) is 0.838. The van der Waals surface area contributed by atoms with Crippen molar-refractivity contribution in [3.63, 3.8) is 0 Å². The van der Waals surface area contributed by atoms with Gasteiger partial charge in [0.05, 0.1) is 13.2 Å². The number of methoxy groups -OCH3 is 1. The summed E-state index contributed by atoms with van der Waals surface area (Å²) in [6.07, 6.45) is 5.22. The monoisotopic (exact) mass is 292 g/mol. The molecule has 4 heteroatoms. The minimum atomic E-state index is 0.687. The first-order valence-corrected chi connectivity index (χ1v) is 8.27. The van der Waals surface area contributed by atoms with Gasteiger partial charge in [0.25, 0.3) is 0 Å². The van der Waals surface area contributed by atoms with Crippen LogP contribution in [0, 0.1) is 12.8 Å². The second kappa shape index (κ2) is 6.95. The highest BCUT2D eigenvalue weighted by Crippen LogP contribution is 2.23. The number of hydrogen-bond donors (Lipinski definition) is 1. The Kier molecular flexibility index (Phi) is 4.99. The van der Waals surface area contributed by atoms with Crippen LogP contribution < -0.4 is 5.32 Å². The second-order valence-electron chi connectivity index (χ2n) is 6.65. The molecule has 1 aliphatic heterocycles. The Morgan fingerprint density at radius 1 is 1.38 bits per heavy atom. The number of aryl methyl sites for hydroxylation is 1. The average molecular weight is 292 g/mol. The lowest BCUT2D eigenvalue weighted by molar-refractivity contribution is 0.0872. The third kappa shape index (κ3) is 4.31. The Morgan fingerprint density at radius 3 is 3.00 bits per heavy atom. The maximum atomic E-state index is 5.89. The van der Waals surface area contributed by atoms with Crippen molar-refractivity contribution in [3.8, 4) is 0 Å². The van der Waals surface area contributed by atoms with Gasteiger partial charge in [-0.1, -0.05) is 0 Å². The predicted octanol–water partition coefficient (Wildman–Crippen LogP) is 2.70. The molecule has 0 amide bonds. The standard InChI is InChI=1S/C17H28N2O2/c1-13-15(8-17(21-13)9-18-16-5-6-16)11-19-7-3-4-14(10-19)12-20-2/h8,14,16,18H,3-7,9-12H2,1-2H3. The first kappa shape index (κ1) is 15.1. The van der Waals surface area contributed by atoms with Gasteiger partial charge in [0.15, 0.2) is 0 Å². The number of piperidine rings is 1. The predicted molar refractivity (Wildman–Crippen MR) is 83.2 cm³/mol. The topological polar surface area (TPSA) is 37.6 Å². The SMILES string of the molecule is COCC1CCCN(Cc2cc(CNC3CC3)oc2C)C1. The van der Waals surface area contributed by atoms with E-state index in [2.05, 4.69) is 23.2 Å². The minimum absolute atomic E-state index is 0.687. The first-order chi connectivity index (χ1) is 10.2. The summed E-state index contributed by atoms with van der Waals surface area (Å²) in [7, 11) is 1.80. The van der Waals surface area contributed by atoms with E-state index in [9.17, 15) is 0 Å². The van der Waals surface area contributed by atoms with Gasteiger partial charge in [-0.2, -0.15) is 0 Å². The Hall–Kier alpha value is -0.840. The molecule has 118 valence electrons. The van der Waals surface area contributed by atoms with E-state index >= 15 is 0 Å². The zero-order valence-corrected chi connectivity index (χ0v) is 13.4. The molecule has 1 aromatic rings. The van der Waals surface area contributed by atoms with Crippen molar-refractivity contribution in [1.29, 1.82) is 0 Å². The van der Waals surface area contributed by atoms with Gasteiger partial charge in [0, 0.05) is 31.8 Å². The summed E-state index contributed by atoms with van der Waals surface area (Å²) < 4.78 is 11.2. The van der Waals surface area contributed by atoms with E-state index in [0.717, 1.165) is 43.8 Å². The maximum Gasteiger partial charge on any atom is 0.118 e. The number of furan rings is 1. The normalized spacial score (nSPS) is 23.6. The molecule has 0 radical (unpaired) electrons. The van der Waals surface area contributed by atoms with E-state index in [1.807, 2.05) is 0 Å². The molecule has 1 unspecified atom stereocenters. The highest BCUT2D eigenvalue weighted by molar-refractivity contribution is 5.21. The van der Waals surface area contributed by atoms with Crippen molar-refractivity contribution in [2.24, 2.45) is 5.92 Å². The molecule has 4 nitrogen and oxygen atoms in total. The molecule has 1 saturated heterocycles. The fourth-order valence-corrected chi connectivity index (χ4v) is 3.27. The summed E-state index contributed by atoms with van der Waals surface area (Å²) in [6, 6.07) is 2.97. The zero-order chi connectivity index (χ0) is 14.7. The second-order valence-corrected chi connectivity index (χ2v) is 6.65. The number of ether oxygens (including phenoxy) is 1. The Balaban J connectivity index is 1.53. The minimum Gasteiger partial charge on any atom is -0.465 e. The third-order valence-corrected chi connectivity index (χ3v) is 4.61. The van der Waals surface area contributed by atoms with E-state index in [1.54, 1.807) is 7.11 Å². The van der Waals surface area contributed by atoms with Crippen LogP contribution >= 0.6 is 0 Å². The van der Waals surface area contributed by atoms with Gasteiger partial charge in [-0.25, -0.2) is 0 Å². The van der Waals surface area contributed by atoms with E-state index in [0.29, 0.717) is 5.92 Å². The summed E-state index contributed by atoms with van der Waals surface area (Å²) in [5.41, 5.74) is 1.35. The first-order valence-electron chi connectivity index (χ1n) is 8.27. The van der Waals surface area contributed by atoms with Crippen molar-refractivity contribution in [3.05, 3.63) is 23.2 Å². The molecular formula is C17H28N2O2. The summed E-state index contributed by atoms with van der Waals surface area (Å²) in [6.45, 7) is 7.20. The fourth-order valence-electron chi connectivity index (χ4n) is 3.27. The van der Waals surface area contributed by atoms with Crippen LogP contribution in [0.15, 0.2) is 10.5 Å². The van der Waals surface area contributed by atoms with Gasteiger partial charge in [-0.05, 0) is 51.1 Å². The largest absolute Gasteiger partial charge is 0.465 e. The fraction of sp³-hybridized carbons (Fsp3) is 0.765. The van der Waals surface area contributed by atoms with Gasteiger partial charge >= 0.3 is 0 Å². The molecule has 1 saturated carbocycles. The summed E-state index contributed by atoms with van der Waals surface area (Å²) in [4.78, 5) is 2.54. The van der Waals surface area contributed by atoms with E-state index in [-0.39, 0.29) is 0 Å². The molecule has 1 aromatic heterocycles. The summed E-state index contributed by atoms with van der Waals surface area (Å²) >= 11 is 0. The third-order valence-electron chi connectivity index (χ3n) is 4.61. The van der Waals surface area contributed by atoms with Crippen molar-refractivity contribution in [2.45, 2.75) is 51.7 Å². The Labute approximate surface area is 127 Å². The molecule has 0 bridgehead atoms. The smallest absolute Gasteiger partial charge is 0.118 e. The molecule has 3 rings (SSSR count). The van der Waals surface area contributed by atoms with Crippen LogP contribution in [0.5, 0.6) is 0 Å². The lowest BCUT2D eigenvalue weighted by Crippen LogP contribution is -2.36. The van der Waals surface area contributed by atoms with Crippen molar-refractivity contribution >= 4 is 0 Å². The Morgan fingerprint density at radius 2 is 2.24 bits per heavy atom. The molecule has 2 fully saturated rings. The van der Waals surface area contributed by atoms with Crippen LogP contribution in [0.2, 0.25) is 0 Å². The van der Waals surface area contributed by atoms with E-state index in [4.69, 9.17) is 9.15 Å². The molecule has 0 spiro atoms. The van der Waals surface area contributed by atoms with E-state index < -0.39 is 0 Å². The average Bonchev–Trinajstić information content (AvgIpc) is 3.23. The number of likely N-dealkylation sites (tertiary alicyclic amines) is 1. The van der Waals surface area contributed by atoms with Gasteiger partial charge in [0.1, 0.15) is 11.5 Å².